The van der Waals surface area contributed by atoms with Crippen LogP contribution in [-0.4, -0.2) is 57.9 Å². The van der Waals surface area contributed by atoms with Crippen molar-refractivity contribution in [1.82, 2.24) is 20.4 Å². The summed E-state index contributed by atoms with van der Waals surface area (Å²) in [6.45, 7) is 8.36. The van der Waals surface area contributed by atoms with Gasteiger partial charge in [0.1, 0.15) is 0 Å². The summed E-state index contributed by atoms with van der Waals surface area (Å²) in [6, 6.07) is 8.63. The average Bonchev–Trinajstić information content (AvgIpc) is 3.05. The van der Waals surface area contributed by atoms with Crippen molar-refractivity contribution < 1.29 is 9.53 Å². The van der Waals surface area contributed by atoms with E-state index < -0.39 is 0 Å². The molecule has 1 aromatic carbocycles. The molecule has 2 aromatic rings. The molecule has 0 unspecified atom stereocenters. The van der Waals surface area contributed by atoms with Crippen LogP contribution in [0.4, 0.5) is 0 Å². The Hall–Kier alpha value is -1.92. The number of carbonyl (C=O) groups excluding carboxylic acids is 1. The van der Waals surface area contributed by atoms with Crippen molar-refractivity contribution in [3.05, 3.63) is 30.0 Å². The van der Waals surface area contributed by atoms with E-state index in [1.54, 1.807) is 0 Å². The van der Waals surface area contributed by atoms with Crippen molar-refractivity contribution in [2.24, 2.45) is 0 Å². The SMILES string of the molecule is CCC(C)(C)N1[C@@H]2COC[C@H]1C[C@@H](NC(=O)c1n[nH]c3ccccc13)C2. The summed E-state index contributed by atoms with van der Waals surface area (Å²) in [4.78, 5) is 15.4. The van der Waals surface area contributed by atoms with E-state index in [0.29, 0.717) is 17.8 Å². The zero-order chi connectivity index (χ0) is 18.3. The highest BCUT2D eigenvalue weighted by molar-refractivity contribution is 6.04. The fraction of sp³-hybridized carbons (Fsp3) is 0.600. The van der Waals surface area contributed by atoms with Crippen LogP contribution in [0.3, 0.4) is 0 Å². The highest BCUT2D eigenvalue weighted by atomic mass is 16.5. The lowest BCUT2D eigenvalue weighted by Gasteiger charge is -2.55. The molecule has 6 nitrogen and oxygen atoms in total. The van der Waals surface area contributed by atoms with Crippen LogP contribution in [-0.2, 0) is 4.74 Å². The molecule has 6 heteroatoms. The maximum absolute atomic E-state index is 12.8. The van der Waals surface area contributed by atoms with E-state index in [-0.39, 0.29) is 17.5 Å². The number of ether oxygens (including phenoxy) is 1. The number of hydrogen-bond donors (Lipinski definition) is 2. The Balaban J connectivity index is 1.49. The van der Waals surface area contributed by atoms with Crippen LogP contribution >= 0.6 is 0 Å². The van der Waals surface area contributed by atoms with Crippen LogP contribution in [0.25, 0.3) is 10.9 Å². The van der Waals surface area contributed by atoms with Crippen LogP contribution in [0, 0.1) is 0 Å². The molecular weight excluding hydrogens is 328 g/mol. The van der Waals surface area contributed by atoms with Crippen molar-refractivity contribution in [3.63, 3.8) is 0 Å². The van der Waals surface area contributed by atoms with Crippen LogP contribution in [0.2, 0.25) is 0 Å². The molecule has 3 atom stereocenters. The number of fused-ring (bicyclic) bond motifs is 3. The molecule has 0 radical (unpaired) electrons. The third-order valence-electron chi connectivity index (χ3n) is 6.11. The lowest BCUT2D eigenvalue weighted by Crippen LogP contribution is -2.66. The molecule has 2 saturated heterocycles. The number of hydrogen-bond acceptors (Lipinski definition) is 4. The lowest BCUT2D eigenvalue weighted by atomic mass is 9.84. The molecular formula is C20H28N4O2. The van der Waals surface area contributed by atoms with Gasteiger partial charge in [-0.1, -0.05) is 25.1 Å². The van der Waals surface area contributed by atoms with Gasteiger partial charge in [-0.25, -0.2) is 0 Å². The Morgan fingerprint density at radius 3 is 2.69 bits per heavy atom. The molecule has 2 aliphatic rings. The third kappa shape index (κ3) is 3.01. The fourth-order valence-corrected chi connectivity index (χ4v) is 4.59. The Labute approximate surface area is 154 Å². The minimum atomic E-state index is -0.0883. The molecule has 4 rings (SSSR count). The van der Waals surface area contributed by atoms with Gasteiger partial charge in [0.05, 0.1) is 18.7 Å². The van der Waals surface area contributed by atoms with Gasteiger partial charge >= 0.3 is 0 Å². The minimum absolute atomic E-state index is 0.0883. The average molecular weight is 356 g/mol. The highest BCUT2D eigenvalue weighted by Crippen LogP contribution is 2.35. The van der Waals surface area contributed by atoms with Crippen LogP contribution in [0.15, 0.2) is 24.3 Å². The monoisotopic (exact) mass is 356 g/mol. The normalized spacial score (nSPS) is 26.8. The van der Waals surface area contributed by atoms with Crippen LogP contribution in [0.1, 0.15) is 50.5 Å². The number of carbonyl (C=O) groups is 1. The number of amides is 1. The summed E-state index contributed by atoms with van der Waals surface area (Å²) in [7, 11) is 0. The summed E-state index contributed by atoms with van der Waals surface area (Å²) in [5.74, 6) is -0.0883. The second-order valence-electron chi connectivity index (χ2n) is 8.18. The summed E-state index contributed by atoms with van der Waals surface area (Å²) in [5.41, 5.74) is 1.53. The van der Waals surface area contributed by atoms with E-state index in [1.165, 1.54) is 0 Å². The Bertz CT molecular complexity index is 786. The summed E-state index contributed by atoms with van der Waals surface area (Å²) < 4.78 is 5.82. The van der Waals surface area contributed by atoms with Crippen LogP contribution in [0.5, 0.6) is 0 Å². The van der Waals surface area contributed by atoms with Crippen molar-refractivity contribution in [1.29, 1.82) is 0 Å². The lowest BCUT2D eigenvalue weighted by molar-refractivity contribution is -0.123. The van der Waals surface area contributed by atoms with E-state index in [0.717, 1.165) is 43.4 Å². The molecule has 2 N–H and O–H groups in total. The largest absolute Gasteiger partial charge is 0.378 e. The molecule has 0 aliphatic carbocycles. The zero-order valence-electron chi connectivity index (χ0n) is 15.8. The van der Waals surface area contributed by atoms with Crippen molar-refractivity contribution in [2.75, 3.05) is 13.2 Å². The van der Waals surface area contributed by atoms with Crippen molar-refractivity contribution in [3.8, 4) is 0 Å². The number of nitrogens with one attached hydrogen (secondary N) is 2. The number of H-pyrrole nitrogens is 1. The molecule has 2 bridgehead atoms. The number of aromatic amines is 1. The summed E-state index contributed by atoms with van der Waals surface area (Å²) >= 11 is 0. The number of benzene rings is 1. The smallest absolute Gasteiger partial charge is 0.272 e. The predicted molar refractivity (Wildman–Crippen MR) is 101 cm³/mol. The number of nitrogens with zero attached hydrogens (tertiary/aromatic N) is 2. The molecule has 2 aliphatic heterocycles. The highest BCUT2D eigenvalue weighted by Gasteiger charge is 2.45. The maximum Gasteiger partial charge on any atom is 0.272 e. The first kappa shape index (κ1) is 17.5. The standard InChI is InChI=1S/C20H28N4O2/c1-4-20(2,3)24-14-9-13(10-15(24)12-26-11-14)21-19(25)18-16-7-5-6-8-17(16)22-23-18/h5-8,13-15H,4,9-12H2,1-3H3,(H,21,25)(H,22,23)/t13-,14-,15+. The van der Waals surface area contributed by atoms with Crippen LogP contribution < -0.4 is 5.32 Å². The summed E-state index contributed by atoms with van der Waals surface area (Å²) in [6.07, 6.45) is 2.96. The van der Waals surface area contributed by atoms with Gasteiger partial charge in [-0.15, -0.1) is 0 Å². The first-order chi connectivity index (χ1) is 12.5. The molecule has 2 fully saturated rings. The van der Waals surface area contributed by atoms with Gasteiger partial charge in [0.15, 0.2) is 5.69 Å². The number of morpholine rings is 1. The third-order valence-corrected chi connectivity index (χ3v) is 6.11. The molecule has 140 valence electrons. The van der Waals surface area contributed by atoms with Gasteiger partial charge in [-0.3, -0.25) is 14.8 Å². The summed E-state index contributed by atoms with van der Waals surface area (Å²) in [5, 5.41) is 11.3. The van der Waals surface area contributed by atoms with E-state index >= 15 is 0 Å². The van der Waals surface area contributed by atoms with Gasteiger partial charge in [0.2, 0.25) is 0 Å². The maximum atomic E-state index is 12.8. The zero-order valence-corrected chi connectivity index (χ0v) is 15.8. The fourth-order valence-electron chi connectivity index (χ4n) is 4.59. The van der Waals surface area contributed by atoms with Crippen molar-refractivity contribution in [2.45, 2.75) is 63.7 Å². The number of rotatable bonds is 4. The molecule has 0 spiro atoms. The Morgan fingerprint density at radius 1 is 1.31 bits per heavy atom. The number of piperidine rings is 1. The Kier molecular flexibility index (Phi) is 4.49. The second kappa shape index (κ2) is 6.67. The van der Waals surface area contributed by atoms with Gasteiger partial charge in [0, 0.05) is 29.1 Å². The van der Waals surface area contributed by atoms with E-state index in [4.69, 9.17) is 4.74 Å². The first-order valence-corrected chi connectivity index (χ1v) is 9.59. The van der Waals surface area contributed by atoms with E-state index in [2.05, 4.69) is 41.2 Å². The molecule has 1 aromatic heterocycles. The Morgan fingerprint density at radius 2 is 2.00 bits per heavy atom. The van der Waals surface area contributed by atoms with E-state index in [9.17, 15) is 4.79 Å². The van der Waals surface area contributed by atoms with Gasteiger partial charge in [-0.2, -0.15) is 5.10 Å². The van der Waals surface area contributed by atoms with E-state index in [1.807, 2.05) is 24.3 Å². The van der Waals surface area contributed by atoms with Gasteiger partial charge in [0.25, 0.3) is 5.91 Å². The topological polar surface area (TPSA) is 70.2 Å². The minimum Gasteiger partial charge on any atom is -0.378 e. The number of aromatic nitrogens is 2. The quantitative estimate of drug-likeness (QED) is 0.884. The number of para-hydroxylation sites is 1. The molecule has 1 amide bonds. The van der Waals surface area contributed by atoms with Crippen molar-refractivity contribution >= 4 is 16.8 Å². The molecule has 26 heavy (non-hydrogen) atoms. The predicted octanol–water partition coefficient (Wildman–Crippen LogP) is 2.71. The molecule has 3 heterocycles. The van der Waals surface area contributed by atoms with Gasteiger partial charge in [-0.05, 0) is 39.2 Å². The van der Waals surface area contributed by atoms with Gasteiger partial charge < -0.3 is 10.1 Å². The second-order valence-corrected chi connectivity index (χ2v) is 8.18. The first-order valence-electron chi connectivity index (χ1n) is 9.59. The molecule has 0 saturated carbocycles.